The van der Waals surface area contributed by atoms with E-state index in [1.54, 1.807) is 0 Å². The van der Waals surface area contributed by atoms with Crippen LogP contribution in [0.3, 0.4) is 0 Å². The van der Waals surface area contributed by atoms with Crippen molar-refractivity contribution in [1.29, 1.82) is 0 Å². The molecule has 2 heterocycles. The van der Waals surface area contributed by atoms with E-state index in [2.05, 4.69) is 59.0 Å². The Balaban J connectivity index is 1.69. The molecule has 4 heteroatoms. The average molecular weight is 319 g/mol. The summed E-state index contributed by atoms with van der Waals surface area (Å²) in [5.74, 6) is 1.12. The second-order valence-electron chi connectivity index (χ2n) is 6.74. The predicted octanol–water partition coefficient (Wildman–Crippen LogP) is 3.61. The summed E-state index contributed by atoms with van der Waals surface area (Å²) in [5, 5.41) is 0.673. The van der Waals surface area contributed by atoms with E-state index < -0.39 is 0 Å². The lowest BCUT2D eigenvalue weighted by molar-refractivity contribution is 0.786. The molecule has 24 heavy (non-hydrogen) atoms. The number of anilines is 1. The smallest absolute Gasteiger partial charge is 0.258 e. The summed E-state index contributed by atoms with van der Waals surface area (Å²) in [4.78, 5) is 22.4. The summed E-state index contributed by atoms with van der Waals surface area (Å²) >= 11 is 0. The van der Waals surface area contributed by atoms with Crippen LogP contribution in [0, 0.1) is 0 Å². The topological polar surface area (TPSA) is 49.0 Å². The fourth-order valence-electron chi connectivity index (χ4n) is 3.39. The highest BCUT2D eigenvalue weighted by atomic mass is 16.1. The summed E-state index contributed by atoms with van der Waals surface area (Å²) in [5.41, 5.74) is 4.49. The van der Waals surface area contributed by atoms with Gasteiger partial charge in [0.05, 0.1) is 17.4 Å². The molecule has 0 bridgehead atoms. The Morgan fingerprint density at radius 3 is 2.88 bits per heavy atom. The van der Waals surface area contributed by atoms with Crippen molar-refractivity contribution in [2.45, 2.75) is 32.7 Å². The lowest BCUT2D eigenvalue weighted by Crippen LogP contribution is -2.23. The quantitative estimate of drug-likeness (QED) is 0.802. The first-order valence-electron chi connectivity index (χ1n) is 8.47. The van der Waals surface area contributed by atoms with Crippen LogP contribution in [0.25, 0.3) is 10.9 Å². The Bertz CT molecular complexity index is 959. The van der Waals surface area contributed by atoms with E-state index in [1.807, 2.05) is 12.1 Å². The Labute approximate surface area is 141 Å². The molecule has 1 aromatic heterocycles. The number of H-pyrrole nitrogens is 1. The molecule has 0 atom stereocenters. The molecule has 0 saturated heterocycles. The van der Waals surface area contributed by atoms with E-state index in [-0.39, 0.29) is 5.56 Å². The van der Waals surface area contributed by atoms with Gasteiger partial charge in [0.2, 0.25) is 0 Å². The van der Waals surface area contributed by atoms with Gasteiger partial charge in [0, 0.05) is 12.2 Å². The minimum atomic E-state index is -0.0509. The second kappa shape index (κ2) is 5.78. The first-order valence-corrected chi connectivity index (χ1v) is 8.47. The molecular formula is C20H21N3O. The average Bonchev–Trinajstić information content (AvgIpc) is 2.98. The summed E-state index contributed by atoms with van der Waals surface area (Å²) in [6.45, 7) is 5.85. The SMILES string of the molecule is CC(C)c1ccc2nc(CN3CCc4ccccc43)[nH]c(=O)c2c1. The number of hydrogen-bond donors (Lipinski definition) is 1. The number of hydrogen-bond acceptors (Lipinski definition) is 3. The zero-order valence-corrected chi connectivity index (χ0v) is 14.0. The number of fused-ring (bicyclic) bond motifs is 2. The summed E-state index contributed by atoms with van der Waals surface area (Å²) < 4.78 is 0. The third-order valence-corrected chi connectivity index (χ3v) is 4.77. The molecule has 0 fully saturated rings. The van der Waals surface area contributed by atoms with E-state index in [9.17, 15) is 4.79 Å². The summed E-state index contributed by atoms with van der Waals surface area (Å²) in [6.07, 6.45) is 1.05. The van der Waals surface area contributed by atoms with Crippen molar-refractivity contribution in [2.75, 3.05) is 11.4 Å². The maximum absolute atomic E-state index is 12.5. The van der Waals surface area contributed by atoms with Gasteiger partial charge < -0.3 is 9.88 Å². The molecule has 4 nitrogen and oxygen atoms in total. The molecule has 1 N–H and O–H groups in total. The van der Waals surface area contributed by atoms with Crippen molar-refractivity contribution in [3.05, 3.63) is 69.8 Å². The van der Waals surface area contributed by atoms with Crippen LogP contribution in [0.2, 0.25) is 0 Å². The maximum atomic E-state index is 12.5. The van der Waals surface area contributed by atoms with Crippen molar-refractivity contribution in [3.8, 4) is 0 Å². The lowest BCUT2D eigenvalue weighted by Gasteiger charge is -2.18. The van der Waals surface area contributed by atoms with Crippen LogP contribution in [-0.4, -0.2) is 16.5 Å². The molecule has 0 amide bonds. The number of aromatic amines is 1. The van der Waals surface area contributed by atoms with Gasteiger partial charge in [0.15, 0.2) is 0 Å². The fraction of sp³-hybridized carbons (Fsp3) is 0.300. The molecule has 1 aliphatic heterocycles. The molecule has 0 spiro atoms. The summed E-state index contributed by atoms with van der Waals surface area (Å²) in [6, 6.07) is 14.4. The molecule has 0 saturated carbocycles. The Morgan fingerprint density at radius 1 is 1.21 bits per heavy atom. The van der Waals surface area contributed by atoms with Gasteiger partial charge in [0.1, 0.15) is 5.82 Å². The van der Waals surface area contributed by atoms with Gasteiger partial charge in [-0.15, -0.1) is 0 Å². The van der Waals surface area contributed by atoms with Gasteiger partial charge in [-0.05, 0) is 41.7 Å². The first-order chi connectivity index (χ1) is 11.6. The van der Waals surface area contributed by atoms with Crippen LogP contribution in [0.5, 0.6) is 0 Å². The van der Waals surface area contributed by atoms with Gasteiger partial charge in [0.25, 0.3) is 5.56 Å². The molecule has 122 valence electrons. The summed E-state index contributed by atoms with van der Waals surface area (Å²) in [7, 11) is 0. The first kappa shape index (κ1) is 14.9. The number of nitrogens with zero attached hydrogens (tertiary/aromatic N) is 2. The zero-order chi connectivity index (χ0) is 16.7. The van der Waals surface area contributed by atoms with Crippen molar-refractivity contribution in [1.82, 2.24) is 9.97 Å². The Morgan fingerprint density at radius 2 is 2.04 bits per heavy atom. The van der Waals surface area contributed by atoms with Gasteiger partial charge in [-0.2, -0.15) is 0 Å². The van der Waals surface area contributed by atoms with E-state index in [0.717, 1.165) is 29.9 Å². The molecule has 3 aromatic rings. The van der Waals surface area contributed by atoms with E-state index in [4.69, 9.17) is 0 Å². The highest BCUT2D eigenvalue weighted by Crippen LogP contribution is 2.28. The predicted molar refractivity (Wildman–Crippen MR) is 97.6 cm³/mol. The molecule has 4 rings (SSSR count). The van der Waals surface area contributed by atoms with Crippen LogP contribution in [-0.2, 0) is 13.0 Å². The fourth-order valence-corrected chi connectivity index (χ4v) is 3.39. The van der Waals surface area contributed by atoms with Crippen LogP contribution in [0.4, 0.5) is 5.69 Å². The molecular weight excluding hydrogens is 298 g/mol. The standard InChI is InChI=1S/C20H21N3O/c1-13(2)15-7-8-17-16(11-15)20(24)22-19(21-17)12-23-10-9-14-5-3-4-6-18(14)23/h3-8,11,13H,9-10,12H2,1-2H3,(H,21,22,24). The molecule has 2 aromatic carbocycles. The largest absolute Gasteiger partial charge is 0.364 e. The van der Waals surface area contributed by atoms with Gasteiger partial charge in [-0.1, -0.05) is 38.1 Å². The van der Waals surface area contributed by atoms with Crippen molar-refractivity contribution in [3.63, 3.8) is 0 Å². The van der Waals surface area contributed by atoms with Gasteiger partial charge in [-0.25, -0.2) is 4.98 Å². The molecule has 0 unspecified atom stereocenters. The molecule has 0 radical (unpaired) electrons. The highest BCUT2D eigenvalue weighted by Gasteiger charge is 2.19. The Kier molecular flexibility index (Phi) is 3.60. The molecule has 1 aliphatic rings. The number of para-hydroxylation sites is 1. The van der Waals surface area contributed by atoms with E-state index in [0.29, 0.717) is 17.8 Å². The van der Waals surface area contributed by atoms with E-state index >= 15 is 0 Å². The van der Waals surface area contributed by atoms with Crippen molar-refractivity contribution in [2.24, 2.45) is 0 Å². The monoisotopic (exact) mass is 319 g/mol. The maximum Gasteiger partial charge on any atom is 0.258 e. The highest BCUT2D eigenvalue weighted by molar-refractivity contribution is 5.78. The normalized spacial score (nSPS) is 13.7. The third-order valence-electron chi connectivity index (χ3n) is 4.77. The third kappa shape index (κ3) is 2.58. The van der Waals surface area contributed by atoms with Crippen molar-refractivity contribution >= 4 is 16.6 Å². The number of aromatic nitrogens is 2. The van der Waals surface area contributed by atoms with Crippen molar-refractivity contribution < 1.29 is 0 Å². The van der Waals surface area contributed by atoms with Crippen LogP contribution in [0.1, 0.15) is 36.7 Å². The number of nitrogens with one attached hydrogen (secondary N) is 1. The van der Waals surface area contributed by atoms with Crippen LogP contribution < -0.4 is 10.5 Å². The van der Waals surface area contributed by atoms with E-state index in [1.165, 1.54) is 11.3 Å². The molecule has 0 aliphatic carbocycles. The second-order valence-corrected chi connectivity index (χ2v) is 6.74. The van der Waals surface area contributed by atoms with Gasteiger partial charge >= 0.3 is 0 Å². The lowest BCUT2D eigenvalue weighted by atomic mass is 10.0. The zero-order valence-electron chi connectivity index (χ0n) is 14.0. The minimum absolute atomic E-state index is 0.0509. The van der Waals surface area contributed by atoms with Crippen LogP contribution >= 0.6 is 0 Å². The number of benzene rings is 2. The van der Waals surface area contributed by atoms with Gasteiger partial charge in [-0.3, -0.25) is 4.79 Å². The Hall–Kier alpha value is -2.62. The minimum Gasteiger partial charge on any atom is -0.364 e. The number of rotatable bonds is 3. The van der Waals surface area contributed by atoms with Crippen LogP contribution in [0.15, 0.2) is 47.3 Å².